The Morgan fingerprint density at radius 2 is 2.26 bits per heavy atom. The summed E-state index contributed by atoms with van der Waals surface area (Å²) in [5.74, 6) is 0.562. The lowest BCUT2D eigenvalue weighted by Crippen LogP contribution is -2.18. The molecule has 0 unspecified atom stereocenters. The topological polar surface area (TPSA) is 47.3 Å². The Labute approximate surface area is 125 Å². The van der Waals surface area contributed by atoms with Crippen LogP contribution in [0.4, 0.5) is 0 Å². The molecular formula is C13H14BrClN2O2. The highest BCUT2D eigenvalue weighted by molar-refractivity contribution is 9.10. The number of hydrogen-bond acceptors (Lipinski definition) is 4. The number of methoxy groups -OCH3 is 1. The number of rotatable bonds is 6. The van der Waals surface area contributed by atoms with E-state index in [-0.39, 0.29) is 0 Å². The van der Waals surface area contributed by atoms with Crippen molar-refractivity contribution in [2.24, 2.45) is 0 Å². The van der Waals surface area contributed by atoms with E-state index in [0.717, 1.165) is 22.3 Å². The van der Waals surface area contributed by atoms with Gasteiger partial charge in [-0.15, -0.1) is 0 Å². The molecule has 0 amide bonds. The van der Waals surface area contributed by atoms with E-state index in [4.69, 9.17) is 20.8 Å². The lowest BCUT2D eigenvalue weighted by molar-refractivity contribution is 0.199. The SMILES string of the molecule is COCCNCc1coc(-c2cc(Cl)cc(Br)c2)n1. The van der Waals surface area contributed by atoms with E-state index < -0.39 is 0 Å². The van der Waals surface area contributed by atoms with Crippen molar-refractivity contribution < 1.29 is 9.15 Å². The number of aromatic nitrogens is 1. The lowest BCUT2D eigenvalue weighted by atomic mass is 10.2. The standard InChI is InChI=1S/C13H14BrClN2O2/c1-18-3-2-16-7-12-8-19-13(17-12)9-4-10(14)6-11(15)5-9/h4-6,8,16H,2-3,7H2,1H3. The van der Waals surface area contributed by atoms with Gasteiger partial charge in [0.25, 0.3) is 0 Å². The van der Waals surface area contributed by atoms with E-state index >= 15 is 0 Å². The summed E-state index contributed by atoms with van der Waals surface area (Å²) >= 11 is 9.40. The second kappa shape index (κ2) is 7.05. The minimum Gasteiger partial charge on any atom is -0.444 e. The Bertz CT molecular complexity index is 525. The smallest absolute Gasteiger partial charge is 0.226 e. The van der Waals surface area contributed by atoms with Gasteiger partial charge in [-0.25, -0.2) is 4.98 Å². The monoisotopic (exact) mass is 344 g/mol. The third-order valence-electron chi connectivity index (χ3n) is 2.45. The molecule has 1 N–H and O–H groups in total. The van der Waals surface area contributed by atoms with Gasteiger partial charge in [0.2, 0.25) is 5.89 Å². The molecule has 0 fully saturated rings. The second-order valence-corrected chi connectivity index (χ2v) is 5.32. The maximum absolute atomic E-state index is 6.00. The Morgan fingerprint density at radius 3 is 3.00 bits per heavy atom. The van der Waals surface area contributed by atoms with Gasteiger partial charge in [0.15, 0.2) is 0 Å². The van der Waals surface area contributed by atoms with Crippen molar-refractivity contribution in [2.75, 3.05) is 20.3 Å². The molecule has 19 heavy (non-hydrogen) atoms. The largest absolute Gasteiger partial charge is 0.444 e. The zero-order valence-corrected chi connectivity index (χ0v) is 12.8. The van der Waals surface area contributed by atoms with Gasteiger partial charge < -0.3 is 14.5 Å². The van der Waals surface area contributed by atoms with E-state index in [1.165, 1.54) is 0 Å². The number of halogens is 2. The first-order valence-electron chi connectivity index (χ1n) is 5.79. The minimum atomic E-state index is 0.562. The van der Waals surface area contributed by atoms with Gasteiger partial charge in [-0.3, -0.25) is 0 Å². The molecule has 0 aliphatic rings. The summed E-state index contributed by atoms with van der Waals surface area (Å²) in [5, 5.41) is 3.85. The first-order chi connectivity index (χ1) is 9.19. The number of ether oxygens (including phenoxy) is 1. The van der Waals surface area contributed by atoms with Crippen LogP contribution >= 0.6 is 27.5 Å². The average molecular weight is 346 g/mol. The Hall–Kier alpha value is -0.880. The van der Waals surface area contributed by atoms with Crippen molar-refractivity contribution in [1.29, 1.82) is 0 Å². The maximum atomic E-state index is 6.00. The second-order valence-electron chi connectivity index (χ2n) is 3.97. The van der Waals surface area contributed by atoms with Crippen LogP contribution in [0.1, 0.15) is 5.69 Å². The summed E-state index contributed by atoms with van der Waals surface area (Å²) in [7, 11) is 1.67. The van der Waals surface area contributed by atoms with Crippen LogP contribution in [0.3, 0.4) is 0 Å². The van der Waals surface area contributed by atoms with Crippen molar-refractivity contribution in [2.45, 2.75) is 6.54 Å². The first-order valence-corrected chi connectivity index (χ1v) is 6.96. The third-order valence-corrected chi connectivity index (χ3v) is 3.13. The molecule has 0 radical (unpaired) electrons. The lowest BCUT2D eigenvalue weighted by Gasteiger charge is -2.00. The van der Waals surface area contributed by atoms with Crippen LogP contribution in [0.5, 0.6) is 0 Å². The summed E-state index contributed by atoms with van der Waals surface area (Å²) in [6.45, 7) is 2.10. The molecule has 0 aliphatic heterocycles. The molecule has 1 aromatic carbocycles. The highest BCUT2D eigenvalue weighted by Gasteiger charge is 2.08. The Kier molecular flexibility index (Phi) is 5.39. The van der Waals surface area contributed by atoms with E-state index in [1.807, 2.05) is 18.2 Å². The highest BCUT2D eigenvalue weighted by Crippen LogP contribution is 2.26. The predicted molar refractivity (Wildman–Crippen MR) is 78.2 cm³/mol. The average Bonchev–Trinajstić information content (AvgIpc) is 2.82. The molecule has 0 atom stereocenters. The molecule has 2 rings (SSSR count). The molecule has 0 spiro atoms. The number of oxazole rings is 1. The van der Waals surface area contributed by atoms with Gasteiger partial charge in [-0.05, 0) is 18.2 Å². The van der Waals surface area contributed by atoms with E-state index in [1.54, 1.807) is 13.4 Å². The summed E-state index contributed by atoms with van der Waals surface area (Å²) < 4.78 is 11.3. The van der Waals surface area contributed by atoms with Gasteiger partial charge >= 0.3 is 0 Å². The molecule has 6 heteroatoms. The number of hydrogen-bond donors (Lipinski definition) is 1. The summed E-state index contributed by atoms with van der Waals surface area (Å²) in [5.41, 5.74) is 1.70. The summed E-state index contributed by atoms with van der Waals surface area (Å²) in [6.07, 6.45) is 1.64. The fraction of sp³-hybridized carbons (Fsp3) is 0.308. The Morgan fingerprint density at radius 1 is 1.42 bits per heavy atom. The van der Waals surface area contributed by atoms with Crippen LogP contribution in [0, 0.1) is 0 Å². The summed E-state index contributed by atoms with van der Waals surface area (Å²) in [6, 6.07) is 5.56. The molecule has 0 aliphatic carbocycles. The van der Waals surface area contributed by atoms with Crippen LogP contribution in [0.25, 0.3) is 11.5 Å². The van der Waals surface area contributed by atoms with Gasteiger partial charge in [0.05, 0.1) is 12.3 Å². The van der Waals surface area contributed by atoms with Crippen LogP contribution in [0.2, 0.25) is 5.02 Å². The molecule has 0 saturated carbocycles. The molecule has 102 valence electrons. The zero-order chi connectivity index (χ0) is 13.7. The van der Waals surface area contributed by atoms with Crippen LogP contribution in [-0.2, 0) is 11.3 Å². The van der Waals surface area contributed by atoms with Gasteiger partial charge in [0, 0.05) is 35.3 Å². The maximum Gasteiger partial charge on any atom is 0.226 e. The third kappa shape index (κ3) is 4.31. The van der Waals surface area contributed by atoms with E-state index in [0.29, 0.717) is 24.1 Å². The van der Waals surface area contributed by atoms with Crippen molar-refractivity contribution in [3.8, 4) is 11.5 Å². The van der Waals surface area contributed by atoms with Crippen molar-refractivity contribution >= 4 is 27.5 Å². The molecule has 4 nitrogen and oxygen atoms in total. The van der Waals surface area contributed by atoms with Gasteiger partial charge in [-0.2, -0.15) is 0 Å². The molecule has 0 saturated heterocycles. The quantitative estimate of drug-likeness (QED) is 0.814. The fourth-order valence-corrected chi connectivity index (χ4v) is 2.45. The van der Waals surface area contributed by atoms with Crippen LogP contribution in [-0.4, -0.2) is 25.2 Å². The van der Waals surface area contributed by atoms with Gasteiger partial charge in [-0.1, -0.05) is 27.5 Å². The molecule has 2 aromatic rings. The van der Waals surface area contributed by atoms with Crippen molar-refractivity contribution in [3.05, 3.63) is 39.7 Å². The number of nitrogens with one attached hydrogen (secondary N) is 1. The predicted octanol–water partition coefficient (Wildman–Crippen LogP) is 3.49. The van der Waals surface area contributed by atoms with E-state index in [2.05, 4.69) is 26.2 Å². The molecule has 1 heterocycles. The molecule has 0 bridgehead atoms. The number of benzene rings is 1. The summed E-state index contributed by atoms with van der Waals surface area (Å²) in [4.78, 5) is 4.41. The Balaban J connectivity index is 2.03. The fourth-order valence-electron chi connectivity index (χ4n) is 1.59. The van der Waals surface area contributed by atoms with Crippen molar-refractivity contribution in [1.82, 2.24) is 10.3 Å². The molecular weight excluding hydrogens is 332 g/mol. The van der Waals surface area contributed by atoms with Crippen LogP contribution in [0.15, 0.2) is 33.4 Å². The van der Waals surface area contributed by atoms with Gasteiger partial charge in [0.1, 0.15) is 6.26 Å². The molecule has 1 aromatic heterocycles. The number of nitrogens with zero attached hydrogens (tertiary/aromatic N) is 1. The normalized spacial score (nSPS) is 10.9. The van der Waals surface area contributed by atoms with Crippen LogP contribution < -0.4 is 5.32 Å². The van der Waals surface area contributed by atoms with E-state index in [9.17, 15) is 0 Å². The first kappa shape index (κ1) is 14.5. The van der Waals surface area contributed by atoms with Crippen molar-refractivity contribution in [3.63, 3.8) is 0 Å². The highest BCUT2D eigenvalue weighted by atomic mass is 79.9. The zero-order valence-electron chi connectivity index (χ0n) is 10.5. The minimum absolute atomic E-state index is 0.562.